The van der Waals surface area contributed by atoms with Crippen molar-refractivity contribution < 1.29 is 18.3 Å². The average molecular weight is 423 g/mol. The van der Waals surface area contributed by atoms with Gasteiger partial charge in [0.15, 0.2) is 0 Å². The highest BCUT2D eigenvalue weighted by Crippen LogP contribution is 2.37. The molecule has 0 unspecified atom stereocenters. The van der Waals surface area contributed by atoms with E-state index in [1.165, 1.54) is 9.87 Å². The van der Waals surface area contributed by atoms with Crippen LogP contribution in [0.15, 0.2) is 30.3 Å². The first-order valence-corrected chi connectivity index (χ1v) is 12.1. The van der Waals surface area contributed by atoms with E-state index >= 15 is 0 Å². The zero-order chi connectivity index (χ0) is 20.1. The Labute approximate surface area is 170 Å². The van der Waals surface area contributed by atoms with Crippen LogP contribution < -0.4 is 0 Å². The van der Waals surface area contributed by atoms with Crippen LogP contribution in [-0.2, 0) is 22.9 Å². The third-order valence-corrected chi connectivity index (χ3v) is 8.20. The van der Waals surface area contributed by atoms with Crippen molar-refractivity contribution >= 4 is 27.3 Å². The lowest BCUT2D eigenvalue weighted by Crippen LogP contribution is -2.32. The summed E-state index contributed by atoms with van der Waals surface area (Å²) in [6.45, 7) is 2.33. The van der Waals surface area contributed by atoms with Crippen molar-refractivity contribution in [2.75, 3.05) is 12.3 Å². The standard InChI is InChI=1S/C20H26N2O4S2/c1-2-14-28(25,26)22-13-7-12-17(22)19-21-16(18(27-19)20(23)24)11-6-10-15-8-4-3-5-9-15/h3-5,8-9,17H,2,6-7,10-14H2,1H3,(H,23,24)/t17-/m0/s1. The van der Waals surface area contributed by atoms with Crippen LogP contribution in [0.3, 0.4) is 0 Å². The molecule has 152 valence electrons. The van der Waals surface area contributed by atoms with Crippen molar-refractivity contribution in [3.05, 3.63) is 51.5 Å². The summed E-state index contributed by atoms with van der Waals surface area (Å²) in [5.74, 6) is -0.871. The van der Waals surface area contributed by atoms with Gasteiger partial charge in [-0.15, -0.1) is 11.3 Å². The number of carboxylic acids is 1. The van der Waals surface area contributed by atoms with Gasteiger partial charge in [-0.05, 0) is 44.1 Å². The van der Waals surface area contributed by atoms with Crippen LogP contribution in [0.2, 0.25) is 0 Å². The SMILES string of the molecule is CCCS(=O)(=O)N1CCC[C@H]1c1nc(CCCc2ccccc2)c(C(=O)O)s1. The first-order valence-electron chi connectivity index (χ1n) is 9.68. The van der Waals surface area contributed by atoms with Crippen LogP contribution in [-0.4, -0.2) is 41.1 Å². The molecule has 6 nitrogen and oxygen atoms in total. The predicted octanol–water partition coefficient (Wildman–Crippen LogP) is 3.89. The van der Waals surface area contributed by atoms with Gasteiger partial charge in [0, 0.05) is 6.54 Å². The predicted molar refractivity (Wildman–Crippen MR) is 110 cm³/mol. The number of rotatable bonds is 9. The molecular weight excluding hydrogens is 396 g/mol. The molecule has 0 spiro atoms. The van der Waals surface area contributed by atoms with Gasteiger partial charge in [-0.25, -0.2) is 18.2 Å². The molecule has 1 fully saturated rings. The van der Waals surface area contributed by atoms with Crippen molar-refractivity contribution in [3.63, 3.8) is 0 Å². The molecule has 1 aromatic heterocycles. The van der Waals surface area contributed by atoms with Crippen molar-refractivity contribution in [1.29, 1.82) is 0 Å². The maximum absolute atomic E-state index is 12.6. The lowest BCUT2D eigenvalue weighted by molar-refractivity contribution is 0.0700. The summed E-state index contributed by atoms with van der Waals surface area (Å²) in [5.41, 5.74) is 1.78. The third-order valence-electron chi connectivity index (χ3n) is 4.94. The van der Waals surface area contributed by atoms with Crippen molar-refractivity contribution in [1.82, 2.24) is 9.29 Å². The fourth-order valence-electron chi connectivity index (χ4n) is 3.65. The molecule has 28 heavy (non-hydrogen) atoms. The number of carbonyl (C=O) groups is 1. The van der Waals surface area contributed by atoms with Crippen molar-refractivity contribution in [3.8, 4) is 0 Å². The van der Waals surface area contributed by atoms with Crippen molar-refractivity contribution in [2.45, 2.75) is 51.5 Å². The number of nitrogens with zero attached hydrogens (tertiary/aromatic N) is 2. The normalized spacial score (nSPS) is 17.8. The zero-order valence-corrected chi connectivity index (χ0v) is 17.6. The lowest BCUT2D eigenvalue weighted by atomic mass is 10.1. The number of carboxylic acid groups (broad SMARTS) is 1. The largest absolute Gasteiger partial charge is 0.477 e. The van der Waals surface area contributed by atoms with E-state index in [1.54, 1.807) is 0 Å². The quantitative estimate of drug-likeness (QED) is 0.662. The minimum Gasteiger partial charge on any atom is -0.477 e. The van der Waals surface area contributed by atoms with E-state index in [1.807, 2.05) is 25.1 Å². The maximum Gasteiger partial charge on any atom is 0.347 e. The van der Waals surface area contributed by atoms with Crippen LogP contribution in [0.25, 0.3) is 0 Å². The van der Waals surface area contributed by atoms with Gasteiger partial charge >= 0.3 is 5.97 Å². The number of hydrogen-bond donors (Lipinski definition) is 1. The van der Waals surface area contributed by atoms with E-state index < -0.39 is 16.0 Å². The molecule has 0 aliphatic carbocycles. The van der Waals surface area contributed by atoms with Crippen LogP contribution in [0, 0.1) is 0 Å². The number of aromatic nitrogens is 1. The molecule has 1 aromatic carbocycles. The minimum absolute atomic E-state index is 0.116. The Morgan fingerprint density at radius 2 is 2.04 bits per heavy atom. The second-order valence-corrected chi connectivity index (χ2v) is 10.1. The Hall–Kier alpha value is -1.77. The summed E-state index contributed by atoms with van der Waals surface area (Å²) < 4.78 is 26.6. The van der Waals surface area contributed by atoms with Crippen LogP contribution >= 0.6 is 11.3 Å². The molecule has 1 atom stereocenters. The fourth-order valence-corrected chi connectivity index (χ4v) is 6.57. The average Bonchev–Trinajstić information content (AvgIpc) is 3.30. The van der Waals surface area contributed by atoms with Gasteiger partial charge in [0.05, 0.1) is 17.5 Å². The molecule has 1 N–H and O–H groups in total. The zero-order valence-electron chi connectivity index (χ0n) is 16.0. The summed E-state index contributed by atoms with van der Waals surface area (Å²) in [5, 5.41) is 10.2. The molecule has 8 heteroatoms. The smallest absolute Gasteiger partial charge is 0.347 e. The topological polar surface area (TPSA) is 87.6 Å². The third kappa shape index (κ3) is 4.79. The molecule has 3 rings (SSSR count). The minimum atomic E-state index is -3.33. The van der Waals surface area contributed by atoms with E-state index in [4.69, 9.17) is 0 Å². The first-order chi connectivity index (χ1) is 13.4. The number of aryl methyl sites for hydroxylation is 2. The number of hydrogen-bond acceptors (Lipinski definition) is 5. The Kier molecular flexibility index (Phi) is 6.85. The van der Waals surface area contributed by atoms with Gasteiger partial charge < -0.3 is 5.11 Å². The van der Waals surface area contributed by atoms with Gasteiger partial charge in [0.2, 0.25) is 10.0 Å². The van der Waals surface area contributed by atoms with E-state index in [0.717, 1.165) is 30.6 Å². The summed E-state index contributed by atoms with van der Waals surface area (Å²) >= 11 is 1.13. The summed E-state index contributed by atoms with van der Waals surface area (Å²) in [4.78, 5) is 16.5. The second kappa shape index (κ2) is 9.15. The van der Waals surface area contributed by atoms with Gasteiger partial charge in [0.25, 0.3) is 0 Å². The molecule has 0 amide bonds. The Balaban J connectivity index is 1.77. The van der Waals surface area contributed by atoms with Crippen LogP contribution in [0.5, 0.6) is 0 Å². The highest BCUT2D eigenvalue weighted by molar-refractivity contribution is 7.89. The molecule has 2 aromatic rings. The number of aromatic carboxylic acids is 1. The van der Waals surface area contributed by atoms with Gasteiger partial charge in [-0.1, -0.05) is 37.3 Å². The molecule has 1 aliphatic rings. The fraction of sp³-hybridized carbons (Fsp3) is 0.500. The first kappa shape index (κ1) is 21.0. The van der Waals surface area contributed by atoms with E-state index in [-0.39, 0.29) is 16.7 Å². The summed E-state index contributed by atoms with van der Waals surface area (Å²) in [6.07, 6.45) is 4.26. The lowest BCUT2D eigenvalue weighted by Gasteiger charge is -2.22. The molecule has 2 heterocycles. The molecule has 0 bridgehead atoms. The molecule has 1 saturated heterocycles. The number of thiazole rings is 1. The van der Waals surface area contributed by atoms with E-state index in [2.05, 4.69) is 17.1 Å². The monoisotopic (exact) mass is 422 g/mol. The number of sulfonamides is 1. The molecular formula is C20H26N2O4S2. The maximum atomic E-state index is 12.6. The Morgan fingerprint density at radius 1 is 1.29 bits per heavy atom. The highest BCUT2D eigenvalue weighted by atomic mass is 32.2. The van der Waals surface area contributed by atoms with Gasteiger partial charge in [-0.3, -0.25) is 0 Å². The number of benzene rings is 1. The molecule has 0 saturated carbocycles. The Bertz CT molecular complexity index is 910. The Morgan fingerprint density at radius 3 is 2.71 bits per heavy atom. The van der Waals surface area contributed by atoms with Crippen molar-refractivity contribution in [2.24, 2.45) is 0 Å². The van der Waals surface area contributed by atoms with Crippen LogP contribution in [0.1, 0.15) is 64.6 Å². The summed E-state index contributed by atoms with van der Waals surface area (Å²) in [7, 11) is -3.33. The van der Waals surface area contributed by atoms with Gasteiger partial charge in [-0.2, -0.15) is 4.31 Å². The van der Waals surface area contributed by atoms with Crippen LogP contribution in [0.4, 0.5) is 0 Å². The van der Waals surface area contributed by atoms with E-state index in [0.29, 0.717) is 36.5 Å². The van der Waals surface area contributed by atoms with Gasteiger partial charge in [0.1, 0.15) is 9.88 Å². The second-order valence-electron chi connectivity index (χ2n) is 7.06. The van der Waals surface area contributed by atoms with E-state index in [9.17, 15) is 18.3 Å². The summed E-state index contributed by atoms with van der Waals surface area (Å²) in [6, 6.07) is 9.73. The highest BCUT2D eigenvalue weighted by Gasteiger charge is 2.37. The molecule has 1 aliphatic heterocycles. The molecule has 0 radical (unpaired) electrons.